The first kappa shape index (κ1) is 15.3. The third-order valence-corrected chi connectivity index (χ3v) is 4.99. The summed E-state index contributed by atoms with van der Waals surface area (Å²) < 4.78 is 0. The minimum Gasteiger partial charge on any atom is -0.330 e. The maximum absolute atomic E-state index is 6.11. The van der Waals surface area contributed by atoms with E-state index in [-0.39, 0.29) is 0 Å². The second-order valence-electron chi connectivity index (χ2n) is 7.24. The van der Waals surface area contributed by atoms with E-state index in [4.69, 9.17) is 5.73 Å². The second kappa shape index (κ2) is 7.05. The van der Waals surface area contributed by atoms with Gasteiger partial charge in [0, 0.05) is 39.3 Å². The van der Waals surface area contributed by atoms with Crippen molar-refractivity contribution >= 4 is 0 Å². The van der Waals surface area contributed by atoms with Crippen molar-refractivity contribution in [3.63, 3.8) is 0 Å². The molecule has 1 heterocycles. The van der Waals surface area contributed by atoms with Crippen molar-refractivity contribution in [2.24, 2.45) is 17.1 Å². The molecule has 2 aliphatic rings. The minimum absolute atomic E-state index is 0.443. The second-order valence-corrected chi connectivity index (χ2v) is 7.24. The van der Waals surface area contributed by atoms with Crippen LogP contribution in [0, 0.1) is 11.3 Å². The summed E-state index contributed by atoms with van der Waals surface area (Å²) in [5, 5.41) is 0. The molecule has 0 amide bonds. The first-order chi connectivity index (χ1) is 9.13. The lowest BCUT2D eigenvalue weighted by Crippen LogP contribution is -2.52. The largest absolute Gasteiger partial charge is 0.330 e. The normalized spacial score (nSPS) is 25.9. The molecule has 1 saturated carbocycles. The molecule has 0 aromatic carbocycles. The molecule has 0 bridgehead atoms. The molecule has 0 atom stereocenters. The Morgan fingerprint density at radius 3 is 2.05 bits per heavy atom. The molecule has 3 heteroatoms. The van der Waals surface area contributed by atoms with E-state index in [2.05, 4.69) is 23.6 Å². The summed E-state index contributed by atoms with van der Waals surface area (Å²) in [5.41, 5.74) is 6.55. The molecule has 0 radical (unpaired) electrons. The van der Waals surface area contributed by atoms with Crippen LogP contribution in [0.2, 0.25) is 0 Å². The van der Waals surface area contributed by atoms with E-state index in [0.717, 1.165) is 12.5 Å². The van der Waals surface area contributed by atoms with Crippen molar-refractivity contribution in [1.29, 1.82) is 0 Å². The lowest BCUT2D eigenvalue weighted by molar-refractivity contribution is 0.0632. The summed E-state index contributed by atoms with van der Waals surface area (Å²) in [5.74, 6) is 0.792. The van der Waals surface area contributed by atoms with Gasteiger partial charge in [-0.1, -0.05) is 33.1 Å². The van der Waals surface area contributed by atoms with Crippen LogP contribution in [0.1, 0.15) is 46.0 Å². The van der Waals surface area contributed by atoms with E-state index in [1.54, 1.807) is 0 Å². The van der Waals surface area contributed by atoms with Gasteiger partial charge in [0.05, 0.1) is 0 Å². The van der Waals surface area contributed by atoms with E-state index in [1.165, 1.54) is 71.4 Å². The summed E-state index contributed by atoms with van der Waals surface area (Å²) in [6.07, 6.45) is 6.92. The standard InChI is InChI=1S/C16H33N3/c1-15(2)12-18-8-10-19(11-9-18)14-16(13-17)6-4-3-5-7-16/h15H,3-14,17H2,1-2H3. The van der Waals surface area contributed by atoms with Gasteiger partial charge < -0.3 is 15.5 Å². The monoisotopic (exact) mass is 267 g/mol. The number of hydrogen-bond donors (Lipinski definition) is 1. The predicted molar refractivity (Wildman–Crippen MR) is 82.3 cm³/mol. The Bertz CT molecular complexity index is 251. The Hall–Kier alpha value is -0.120. The molecule has 0 spiro atoms. The highest BCUT2D eigenvalue weighted by Gasteiger charge is 2.33. The summed E-state index contributed by atoms with van der Waals surface area (Å²) in [6.45, 7) is 13.0. The van der Waals surface area contributed by atoms with Crippen molar-refractivity contribution in [1.82, 2.24) is 9.80 Å². The molecule has 2 rings (SSSR count). The lowest BCUT2D eigenvalue weighted by Gasteiger charge is -2.43. The van der Waals surface area contributed by atoms with Crippen molar-refractivity contribution < 1.29 is 0 Å². The van der Waals surface area contributed by atoms with Crippen LogP contribution in [0.25, 0.3) is 0 Å². The Kier molecular flexibility index (Phi) is 5.67. The van der Waals surface area contributed by atoms with Gasteiger partial charge in [-0.25, -0.2) is 0 Å². The molecule has 1 aliphatic heterocycles. The van der Waals surface area contributed by atoms with Gasteiger partial charge in [0.1, 0.15) is 0 Å². The molecule has 3 nitrogen and oxygen atoms in total. The van der Waals surface area contributed by atoms with Crippen LogP contribution in [0.4, 0.5) is 0 Å². The lowest BCUT2D eigenvalue weighted by atomic mass is 9.73. The topological polar surface area (TPSA) is 32.5 Å². The van der Waals surface area contributed by atoms with Gasteiger partial charge in [-0.15, -0.1) is 0 Å². The summed E-state index contributed by atoms with van der Waals surface area (Å²) in [7, 11) is 0. The van der Waals surface area contributed by atoms with Crippen LogP contribution in [0.15, 0.2) is 0 Å². The Labute approximate surface area is 119 Å². The van der Waals surface area contributed by atoms with Crippen LogP contribution >= 0.6 is 0 Å². The van der Waals surface area contributed by atoms with E-state index < -0.39 is 0 Å². The molecular formula is C16H33N3. The molecule has 1 aliphatic carbocycles. The van der Waals surface area contributed by atoms with Crippen LogP contribution in [-0.4, -0.2) is 55.6 Å². The SMILES string of the molecule is CC(C)CN1CCN(CC2(CN)CCCCC2)CC1. The molecular weight excluding hydrogens is 234 g/mol. The molecule has 0 aromatic rings. The fourth-order valence-corrected chi connectivity index (χ4v) is 3.85. The zero-order valence-corrected chi connectivity index (χ0v) is 13.0. The van der Waals surface area contributed by atoms with Crippen molar-refractivity contribution in [3.8, 4) is 0 Å². The summed E-state index contributed by atoms with van der Waals surface area (Å²) in [6, 6.07) is 0. The maximum atomic E-state index is 6.11. The number of rotatable bonds is 5. The molecule has 0 unspecified atom stereocenters. The fourth-order valence-electron chi connectivity index (χ4n) is 3.85. The molecule has 19 heavy (non-hydrogen) atoms. The zero-order valence-electron chi connectivity index (χ0n) is 13.0. The van der Waals surface area contributed by atoms with E-state index in [9.17, 15) is 0 Å². The van der Waals surface area contributed by atoms with Crippen LogP contribution in [0.3, 0.4) is 0 Å². The third-order valence-electron chi connectivity index (χ3n) is 4.99. The third kappa shape index (κ3) is 4.44. The average molecular weight is 267 g/mol. The van der Waals surface area contributed by atoms with Crippen molar-refractivity contribution in [3.05, 3.63) is 0 Å². The Morgan fingerprint density at radius 2 is 1.53 bits per heavy atom. The summed E-state index contributed by atoms with van der Waals surface area (Å²) >= 11 is 0. The van der Waals surface area contributed by atoms with Crippen molar-refractivity contribution in [2.75, 3.05) is 45.8 Å². The van der Waals surface area contributed by atoms with Gasteiger partial charge in [0.2, 0.25) is 0 Å². The van der Waals surface area contributed by atoms with Crippen LogP contribution in [-0.2, 0) is 0 Å². The maximum Gasteiger partial charge on any atom is 0.0110 e. The Balaban J connectivity index is 1.77. The van der Waals surface area contributed by atoms with Crippen LogP contribution < -0.4 is 5.73 Å². The quantitative estimate of drug-likeness (QED) is 0.828. The van der Waals surface area contributed by atoms with Gasteiger partial charge in [-0.2, -0.15) is 0 Å². The minimum atomic E-state index is 0.443. The van der Waals surface area contributed by atoms with E-state index in [0.29, 0.717) is 5.41 Å². The molecule has 1 saturated heterocycles. The zero-order chi connectivity index (χ0) is 13.7. The highest BCUT2D eigenvalue weighted by Crippen LogP contribution is 2.36. The van der Waals surface area contributed by atoms with Crippen molar-refractivity contribution in [2.45, 2.75) is 46.0 Å². The predicted octanol–water partition coefficient (Wildman–Crippen LogP) is 2.17. The molecule has 2 N–H and O–H groups in total. The van der Waals surface area contributed by atoms with Gasteiger partial charge >= 0.3 is 0 Å². The molecule has 112 valence electrons. The number of nitrogens with zero attached hydrogens (tertiary/aromatic N) is 2. The smallest absolute Gasteiger partial charge is 0.0110 e. The fraction of sp³-hybridized carbons (Fsp3) is 1.00. The van der Waals surface area contributed by atoms with Crippen LogP contribution in [0.5, 0.6) is 0 Å². The molecule has 2 fully saturated rings. The summed E-state index contributed by atoms with van der Waals surface area (Å²) in [4.78, 5) is 5.30. The molecule has 0 aromatic heterocycles. The van der Waals surface area contributed by atoms with Gasteiger partial charge in [0.25, 0.3) is 0 Å². The number of nitrogens with two attached hydrogens (primary N) is 1. The number of piperazine rings is 1. The van der Waals surface area contributed by atoms with Gasteiger partial charge in [0.15, 0.2) is 0 Å². The Morgan fingerprint density at radius 1 is 0.947 bits per heavy atom. The first-order valence-electron chi connectivity index (χ1n) is 8.28. The van der Waals surface area contributed by atoms with E-state index >= 15 is 0 Å². The van der Waals surface area contributed by atoms with E-state index in [1.807, 2.05) is 0 Å². The van der Waals surface area contributed by atoms with Gasteiger partial charge in [-0.05, 0) is 30.7 Å². The number of hydrogen-bond acceptors (Lipinski definition) is 3. The van der Waals surface area contributed by atoms with Gasteiger partial charge in [-0.3, -0.25) is 0 Å². The highest BCUT2D eigenvalue weighted by molar-refractivity contribution is 4.88. The average Bonchev–Trinajstić information content (AvgIpc) is 2.41. The first-order valence-corrected chi connectivity index (χ1v) is 8.28. The highest BCUT2D eigenvalue weighted by atomic mass is 15.3.